The van der Waals surface area contributed by atoms with Gasteiger partial charge >= 0.3 is 0 Å². The zero-order valence-corrected chi connectivity index (χ0v) is 11.6. The number of ketones is 1. The number of hydrogen-bond acceptors (Lipinski definition) is 2. The average molecular weight is 264 g/mol. The Morgan fingerprint density at radius 2 is 1.90 bits per heavy atom. The number of Topliss-reactive ketones (excluding diaryl/α,β-unsaturated/α-hetero) is 1. The SMILES string of the molecule is CC(=O)c1cc(C)ccc1OCC#Cc1ccccc1. The molecular formula is C18H16O2. The summed E-state index contributed by atoms with van der Waals surface area (Å²) in [6, 6.07) is 15.3. The van der Waals surface area contributed by atoms with E-state index >= 15 is 0 Å². The van der Waals surface area contributed by atoms with Crippen LogP contribution >= 0.6 is 0 Å². The highest BCUT2D eigenvalue weighted by atomic mass is 16.5. The summed E-state index contributed by atoms with van der Waals surface area (Å²) >= 11 is 0. The molecule has 2 rings (SSSR count). The van der Waals surface area contributed by atoms with Gasteiger partial charge in [-0.05, 0) is 38.1 Å². The molecule has 20 heavy (non-hydrogen) atoms. The van der Waals surface area contributed by atoms with E-state index < -0.39 is 0 Å². The Balaban J connectivity index is 2.05. The molecule has 0 aromatic heterocycles. The van der Waals surface area contributed by atoms with Gasteiger partial charge in [0.2, 0.25) is 0 Å². The lowest BCUT2D eigenvalue weighted by molar-refractivity contribution is 0.101. The summed E-state index contributed by atoms with van der Waals surface area (Å²) in [5.74, 6) is 6.55. The van der Waals surface area contributed by atoms with E-state index in [9.17, 15) is 4.79 Å². The van der Waals surface area contributed by atoms with Crippen molar-refractivity contribution < 1.29 is 9.53 Å². The van der Waals surface area contributed by atoms with Gasteiger partial charge in [0.1, 0.15) is 12.4 Å². The normalized spacial score (nSPS) is 9.50. The van der Waals surface area contributed by atoms with Crippen LogP contribution < -0.4 is 4.74 Å². The molecule has 0 heterocycles. The fourth-order valence-electron chi connectivity index (χ4n) is 1.82. The Hall–Kier alpha value is -2.53. The highest BCUT2D eigenvalue weighted by molar-refractivity contribution is 5.97. The second-order valence-corrected chi connectivity index (χ2v) is 4.51. The van der Waals surface area contributed by atoms with E-state index in [1.165, 1.54) is 6.92 Å². The van der Waals surface area contributed by atoms with Gasteiger partial charge in [-0.15, -0.1) is 0 Å². The second-order valence-electron chi connectivity index (χ2n) is 4.51. The maximum atomic E-state index is 11.6. The second kappa shape index (κ2) is 6.58. The van der Waals surface area contributed by atoms with E-state index in [1.807, 2.05) is 55.5 Å². The number of carbonyl (C=O) groups is 1. The predicted molar refractivity (Wildman–Crippen MR) is 80.0 cm³/mol. The van der Waals surface area contributed by atoms with Crippen molar-refractivity contribution in [2.24, 2.45) is 0 Å². The van der Waals surface area contributed by atoms with E-state index in [-0.39, 0.29) is 12.4 Å². The molecule has 0 saturated carbocycles. The number of hydrogen-bond donors (Lipinski definition) is 0. The molecule has 0 saturated heterocycles. The van der Waals surface area contributed by atoms with Crippen molar-refractivity contribution in [1.29, 1.82) is 0 Å². The van der Waals surface area contributed by atoms with Crippen LogP contribution in [-0.2, 0) is 0 Å². The van der Waals surface area contributed by atoms with E-state index in [2.05, 4.69) is 11.8 Å². The van der Waals surface area contributed by atoms with Crippen LogP contribution in [0.4, 0.5) is 0 Å². The minimum absolute atomic E-state index is 0.000261. The number of ether oxygens (including phenoxy) is 1. The number of rotatable bonds is 3. The zero-order chi connectivity index (χ0) is 14.4. The van der Waals surface area contributed by atoms with Crippen molar-refractivity contribution in [2.45, 2.75) is 13.8 Å². The molecule has 0 fully saturated rings. The lowest BCUT2D eigenvalue weighted by atomic mass is 10.1. The number of carbonyl (C=O) groups excluding carboxylic acids is 1. The zero-order valence-electron chi connectivity index (χ0n) is 11.6. The van der Waals surface area contributed by atoms with Crippen LogP contribution in [0.15, 0.2) is 48.5 Å². The monoisotopic (exact) mass is 264 g/mol. The smallest absolute Gasteiger partial charge is 0.163 e. The Labute approximate surface area is 119 Å². The van der Waals surface area contributed by atoms with Crippen LogP contribution in [0.5, 0.6) is 5.75 Å². The molecule has 0 atom stereocenters. The fourth-order valence-corrected chi connectivity index (χ4v) is 1.82. The summed E-state index contributed by atoms with van der Waals surface area (Å²) in [7, 11) is 0. The lowest BCUT2D eigenvalue weighted by Crippen LogP contribution is -2.02. The Kier molecular flexibility index (Phi) is 4.57. The Morgan fingerprint density at radius 3 is 2.60 bits per heavy atom. The summed E-state index contributed by atoms with van der Waals surface area (Å²) < 4.78 is 5.58. The summed E-state index contributed by atoms with van der Waals surface area (Å²) in [5, 5.41) is 0. The van der Waals surface area contributed by atoms with E-state index in [4.69, 9.17) is 4.74 Å². The standard InChI is InChI=1S/C18H16O2/c1-14-10-11-18(17(13-14)15(2)19)20-12-6-9-16-7-4-3-5-8-16/h3-5,7-8,10-11,13H,12H2,1-2H3. The summed E-state index contributed by atoms with van der Waals surface area (Å²) in [6.07, 6.45) is 0. The van der Waals surface area contributed by atoms with Crippen molar-refractivity contribution >= 4 is 5.78 Å². The van der Waals surface area contributed by atoms with Crippen molar-refractivity contribution in [3.63, 3.8) is 0 Å². The Bertz CT molecular complexity index is 661. The first kappa shape index (κ1) is 13.9. The molecule has 100 valence electrons. The summed E-state index contributed by atoms with van der Waals surface area (Å²) in [4.78, 5) is 11.6. The van der Waals surface area contributed by atoms with Crippen LogP contribution in [0.25, 0.3) is 0 Å². The first-order valence-corrected chi connectivity index (χ1v) is 6.45. The van der Waals surface area contributed by atoms with Gasteiger partial charge in [-0.1, -0.05) is 41.7 Å². The lowest BCUT2D eigenvalue weighted by Gasteiger charge is -2.07. The molecule has 0 aliphatic carbocycles. The molecule has 0 aliphatic heterocycles. The van der Waals surface area contributed by atoms with Crippen molar-refractivity contribution in [2.75, 3.05) is 6.61 Å². The van der Waals surface area contributed by atoms with Gasteiger partial charge in [-0.25, -0.2) is 0 Å². The molecule has 0 amide bonds. The van der Waals surface area contributed by atoms with Crippen LogP contribution in [-0.4, -0.2) is 12.4 Å². The van der Waals surface area contributed by atoms with Crippen LogP contribution in [0.1, 0.15) is 28.4 Å². The van der Waals surface area contributed by atoms with Gasteiger partial charge < -0.3 is 4.74 Å². The maximum absolute atomic E-state index is 11.6. The van der Waals surface area contributed by atoms with Gasteiger partial charge in [0.25, 0.3) is 0 Å². The molecule has 0 aliphatic rings. The third-order valence-electron chi connectivity index (χ3n) is 2.82. The quantitative estimate of drug-likeness (QED) is 0.625. The molecule has 2 aromatic rings. The van der Waals surface area contributed by atoms with Crippen molar-refractivity contribution in [1.82, 2.24) is 0 Å². The van der Waals surface area contributed by atoms with Gasteiger partial charge in [-0.2, -0.15) is 0 Å². The number of aryl methyl sites for hydroxylation is 1. The first-order chi connectivity index (χ1) is 9.66. The van der Waals surface area contributed by atoms with E-state index in [1.54, 1.807) is 0 Å². The molecular weight excluding hydrogens is 248 g/mol. The highest BCUT2D eigenvalue weighted by Gasteiger charge is 2.07. The van der Waals surface area contributed by atoms with Gasteiger partial charge in [0, 0.05) is 5.56 Å². The topological polar surface area (TPSA) is 26.3 Å². The Morgan fingerprint density at radius 1 is 1.15 bits per heavy atom. The predicted octanol–water partition coefficient (Wildman–Crippen LogP) is 3.63. The minimum Gasteiger partial charge on any atom is -0.480 e. The first-order valence-electron chi connectivity index (χ1n) is 6.45. The highest BCUT2D eigenvalue weighted by Crippen LogP contribution is 2.20. The molecule has 2 aromatic carbocycles. The van der Waals surface area contributed by atoms with Gasteiger partial charge in [0.15, 0.2) is 5.78 Å². The summed E-state index contributed by atoms with van der Waals surface area (Å²) in [6.45, 7) is 3.75. The fraction of sp³-hybridized carbons (Fsp3) is 0.167. The van der Waals surface area contributed by atoms with Crippen LogP contribution in [0.3, 0.4) is 0 Å². The molecule has 0 radical (unpaired) electrons. The van der Waals surface area contributed by atoms with Crippen LogP contribution in [0.2, 0.25) is 0 Å². The largest absolute Gasteiger partial charge is 0.480 e. The molecule has 2 heteroatoms. The van der Waals surface area contributed by atoms with E-state index in [0.717, 1.165) is 11.1 Å². The third kappa shape index (κ3) is 3.73. The van der Waals surface area contributed by atoms with E-state index in [0.29, 0.717) is 11.3 Å². The average Bonchev–Trinajstić information content (AvgIpc) is 2.45. The van der Waals surface area contributed by atoms with Gasteiger partial charge in [-0.3, -0.25) is 4.79 Å². The van der Waals surface area contributed by atoms with Crippen LogP contribution in [0, 0.1) is 18.8 Å². The maximum Gasteiger partial charge on any atom is 0.163 e. The van der Waals surface area contributed by atoms with Gasteiger partial charge in [0.05, 0.1) is 5.56 Å². The third-order valence-corrected chi connectivity index (χ3v) is 2.82. The van der Waals surface area contributed by atoms with Crippen molar-refractivity contribution in [3.05, 3.63) is 65.2 Å². The number of benzene rings is 2. The summed E-state index contributed by atoms with van der Waals surface area (Å²) in [5.41, 5.74) is 2.59. The molecule has 2 nitrogen and oxygen atoms in total. The molecule has 0 spiro atoms. The molecule has 0 bridgehead atoms. The molecule has 0 unspecified atom stereocenters. The minimum atomic E-state index is -0.000261. The molecule has 0 N–H and O–H groups in total. The van der Waals surface area contributed by atoms with Crippen molar-refractivity contribution in [3.8, 4) is 17.6 Å².